The molecule has 0 aromatic heterocycles. The largest absolute Gasteiger partial charge is 0.461 e. The van der Waals surface area contributed by atoms with Crippen LogP contribution in [-0.4, -0.2) is 29.5 Å². The summed E-state index contributed by atoms with van der Waals surface area (Å²) >= 11 is 0. The fourth-order valence-corrected chi connectivity index (χ4v) is 0.775. The van der Waals surface area contributed by atoms with E-state index in [0.717, 1.165) is 0 Å². The molecule has 0 aromatic carbocycles. The lowest BCUT2D eigenvalue weighted by Crippen LogP contribution is -2.42. The molecule has 0 aliphatic carbocycles. The summed E-state index contributed by atoms with van der Waals surface area (Å²) in [5, 5.41) is 14.9. The molecule has 0 aromatic rings. The third-order valence-corrected chi connectivity index (χ3v) is 1.52. The summed E-state index contributed by atoms with van der Waals surface area (Å²) in [5.74, 6) is -5.67. The second kappa shape index (κ2) is 3.50. The molecule has 1 rings (SSSR count). The van der Waals surface area contributed by atoms with Crippen LogP contribution in [0.15, 0.2) is 15.7 Å². The molecule has 4 nitrogen and oxygen atoms in total. The number of aliphatic imine (C=N–C) groups is 2. The Balaban J connectivity index is 3.26. The zero-order valence-electron chi connectivity index (χ0n) is 7.23. The number of amidine groups is 1. The van der Waals surface area contributed by atoms with Gasteiger partial charge in [-0.3, -0.25) is 5.41 Å². The van der Waals surface area contributed by atoms with Crippen LogP contribution in [0.3, 0.4) is 0 Å². The van der Waals surface area contributed by atoms with Crippen LogP contribution in [0.25, 0.3) is 0 Å². The van der Waals surface area contributed by atoms with Gasteiger partial charge < -0.3 is 0 Å². The lowest BCUT2D eigenvalue weighted by molar-refractivity contribution is -0.249. The van der Waals surface area contributed by atoms with Crippen molar-refractivity contribution in [3.05, 3.63) is 5.70 Å². The molecule has 0 unspecified atom stereocenters. The zero-order chi connectivity index (χ0) is 12.6. The van der Waals surface area contributed by atoms with Gasteiger partial charge in [0, 0.05) is 5.87 Å². The van der Waals surface area contributed by atoms with Gasteiger partial charge in [-0.2, -0.15) is 27.2 Å². The van der Waals surface area contributed by atoms with Crippen LogP contribution < -0.4 is 0 Å². The zero-order valence-corrected chi connectivity index (χ0v) is 7.23. The number of nitrogens with one attached hydrogen (secondary N) is 1. The van der Waals surface area contributed by atoms with Crippen molar-refractivity contribution < 1.29 is 22.0 Å². The first-order chi connectivity index (χ1) is 7.24. The third-order valence-electron chi connectivity index (χ3n) is 1.52. The van der Waals surface area contributed by atoms with Gasteiger partial charge in [-0.1, -0.05) is 0 Å². The number of allylic oxidation sites excluding steroid dienone is 1. The van der Waals surface area contributed by atoms with Gasteiger partial charge in [0.1, 0.15) is 6.07 Å². The Morgan fingerprint density at radius 2 is 1.69 bits per heavy atom. The molecule has 0 bridgehead atoms. The van der Waals surface area contributed by atoms with Gasteiger partial charge in [0.15, 0.2) is 11.4 Å². The Morgan fingerprint density at radius 3 is 2.00 bits per heavy atom. The predicted molar refractivity (Wildman–Crippen MR) is 42.7 cm³/mol. The first-order valence-electron chi connectivity index (χ1n) is 3.56. The maximum atomic E-state index is 12.7. The summed E-state index contributed by atoms with van der Waals surface area (Å²) in [6.45, 7) is 0. The Morgan fingerprint density at radius 1 is 1.12 bits per heavy atom. The van der Waals surface area contributed by atoms with Gasteiger partial charge in [-0.05, 0) is 0 Å². The van der Waals surface area contributed by atoms with Crippen LogP contribution in [0.4, 0.5) is 22.0 Å². The highest BCUT2D eigenvalue weighted by Gasteiger charge is 2.62. The number of rotatable bonds is 1. The van der Waals surface area contributed by atoms with Crippen molar-refractivity contribution >= 4 is 17.4 Å². The number of nitrogens with zero attached hydrogens (tertiary/aromatic N) is 3. The fourth-order valence-electron chi connectivity index (χ4n) is 0.775. The van der Waals surface area contributed by atoms with Gasteiger partial charge >= 0.3 is 12.1 Å². The molecule has 0 atom stereocenters. The number of hydrogen-bond donors (Lipinski definition) is 1. The van der Waals surface area contributed by atoms with Crippen molar-refractivity contribution in [3.8, 4) is 6.07 Å². The van der Waals surface area contributed by atoms with E-state index in [-0.39, 0.29) is 0 Å². The van der Waals surface area contributed by atoms with Crippen LogP contribution in [0.5, 0.6) is 0 Å². The number of hydrogen-bond acceptors (Lipinski definition) is 4. The van der Waals surface area contributed by atoms with E-state index in [2.05, 4.69) is 9.98 Å². The van der Waals surface area contributed by atoms with E-state index in [1.165, 1.54) is 11.9 Å². The molecule has 0 spiro atoms. The Kier molecular flexibility index (Phi) is 2.63. The third kappa shape index (κ3) is 1.70. The topological polar surface area (TPSA) is 72.4 Å². The van der Waals surface area contributed by atoms with E-state index in [4.69, 9.17) is 10.7 Å². The highest BCUT2D eigenvalue weighted by atomic mass is 19.4. The standard InChI is InChI=1S/C7HF5N4/c8-6(9,7(10,11)12)5-15-3(1-13)4(2-14)16-5/h13H. The van der Waals surface area contributed by atoms with Crippen LogP contribution in [0.2, 0.25) is 0 Å². The van der Waals surface area contributed by atoms with E-state index < -0.39 is 29.3 Å². The van der Waals surface area contributed by atoms with Crippen molar-refractivity contribution in [2.45, 2.75) is 12.1 Å². The van der Waals surface area contributed by atoms with Crippen molar-refractivity contribution in [2.24, 2.45) is 9.98 Å². The van der Waals surface area contributed by atoms with Crippen LogP contribution in [0, 0.1) is 16.7 Å². The number of nitriles is 1. The predicted octanol–water partition coefficient (Wildman–Crippen LogP) is 1.69. The summed E-state index contributed by atoms with van der Waals surface area (Å²) < 4.78 is 61.0. The van der Waals surface area contributed by atoms with Crippen LogP contribution >= 0.6 is 0 Å². The molecular weight excluding hydrogens is 235 g/mol. The average molecular weight is 236 g/mol. The van der Waals surface area contributed by atoms with Crippen LogP contribution in [-0.2, 0) is 0 Å². The molecule has 1 aliphatic heterocycles. The Bertz CT molecular complexity index is 472. The second-order valence-electron chi connectivity index (χ2n) is 2.55. The van der Waals surface area contributed by atoms with Crippen LogP contribution in [0.1, 0.15) is 0 Å². The molecule has 1 aliphatic rings. The summed E-state index contributed by atoms with van der Waals surface area (Å²) in [4.78, 5) is 5.45. The van der Waals surface area contributed by atoms with Gasteiger partial charge in [0.2, 0.25) is 5.84 Å². The molecule has 0 saturated heterocycles. The Labute approximate surface area is 84.9 Å². The van der Waals surface area contributed by atoms with Crippen molar-refractivity contribution in [3.63, 3.8) is 0 Å². The monoisotopic (exact) mass is 236 g/mol. The van der Waals surface area contributed by atoms with E-state index in [0.29, 0.717) is 0 Å². The average Bonchev–Trinajstić information content (AvgIpc) is 2.59. The highest BCUT2D eigenvalue weighted by Crippen LogP contribution is 2.38. The molecule has 1 heterocycles. The minimum atomic E-state index is -5.85. The maximum Gasteiger partial charge on any atom is 0.461 e. The molecule has 1 N–H and O–H groups in total. The number of halogens is 5. The van der Waals surface area contributed by atoms with Crippen molar-refractivity contribution in [1.29, 1.82) is 10.7 Å². The highest BCUT2D eigenvalue weighted by molar-refractivity contribution is 6.24. The lowest BCUT2D eigenvalue weighted by Gasteiger charge is -2.16. The van der Waals surface area contributed by atoms with E-state index in [1.807, 2.05) is 0 Å². The molecular formula is C7HF5N4. The summed E-state index contributed by atoms with van der Waals surface area (Å²) in [6.07, 6.45) is -5.85. The SMILES string of the molecule is N#CC1=NC(C(F)(F)C(F)(F)F)=NC1=C=N. The molecule has 0 amide bonds. The molecule has 0 fully saturated rings. The van der Waals surface area contributed by atoms with Crippen molar-refractivity contribution in [2.75, 3.05) is 0 Å². The molecule has 84 valence electrons. The maximum absolute atomic E-state index is 12.7. The van der Waals surface area contributed by atoms with Gasteiger partial charge in [0.05, 0.1) is 0 Å². The van der Waals surface area contributed by atoms with Gasteiger partial charge in [-0.25, -0.2) is 9.98 Å². The minimum absolute atomic E-state index is 0.749. The quantitative estimate of drug-likeness (QED) is 0.546. The van der Waals surface area contributed by atoms with Crippen molar-refractivity contribution in [1.82, 2.24) is 0 Å². The molecule has 16 heavy (non-hydrogen) atoms. The lowest BCUT2D eigenvalue weighted by atomic mass is 10.3. The summed E-state index contributed by atoms with van der Waals surface area (Å²) in [6, 6.07) is 1.23. The molecule has 9 heteroatoms. The molecule has 0 radical (unpaired) electrons. The van der Waals surface area contributed by atoms with E-state index in [9.17, 15) is 22.0 Å². The first-order valence-corrected chi connectivity index (χ1v) is 3.56. The fraction of sp³-hybridized carbons (Fsp3) is 0.286. The first kappa shape index (κ1) is 12.0. The molecule has 0 saturated carbocycles. The van der Waals surface area contributed by atoms with E-state index in [1.54, 1.807) is 0 Å². The van der Waals surface area contributed by atoms with Gasteiger partial charge in [0.25, 0.3) is 0 Å². The van der Waals surface area contributed by atoms with Gasteiger partial charge in [-0.15, -0.1) is 0 Å². The minimum Gasteiger partial charge on any atom is -0.257 e. The second-order valence-corrected chi connectivity index (χ2v) is 2.55. The number of alkyl halides is 5. The summed E-state index contributed by atoms with van der Waals surface area (Å²) in [5.41, 5.74) is -1.55. The van der Waals surface area contributed by atoms with E-state index >= 15 is 0 Å². The smallest absolute Gasteiger partial charge is 0.257 e. The Hall–Kier alpha value is -2.07. The summed E-state index contributed by atoms with van der Waals surface area (Å²) in [7, 11) is 0. The normalized spacial score (nSPS) is 16.4.